The van der Waals surface area contributed by atoms with E-state index in [-0.39, 0.29) is 6.10 Å². The number of ether oxygens (including phenoxy) is 1. The van der Waals surface area contributed by atoms with Gasteiger partial charge in [-0.15, -0.1) is 0 Å². The Hall–Kier alpha value is -1.69. The zero-order chi connectivity index (χ0) is 13.3. The van der Waals surface area contributed by atoms with E-state index in [1.54, 1.807) is 25.0 Å². The van der Waals surface area contributed by atoms with E-state index < -0.39 is 12.0 Å². The summed E-state index contributed by atoms with van der Waals surface area (Å²) in [7, 11) is 1.60. The Morgan fingerprint density at radius 3 is 2.78 bits per heavy atom. The van der Waals surface area contributed by atoms with Crippen molar-refractivity contribution in [2.24, 2.45) is 0 Å². The Balaban J connectivity index is 2.32. The topological polar surface area (TPSA) is 75.6 Å². The SMILES string of the molecule is COC1CC(C(=O)O)N(c2cc(C)nc(C)n2)C1. The van der Waals surface area contributed by atoms with Crippen molar-refractivity contribution in [1.82, 2.24) is 9.97 Å². The summed E-state index contributed by atoms with van der Waals surface area (Å²) in [5, 5.41) is 9.26. The lowest BCUT2D eigenvalue weighted by atomic mass is 10.2. The highest BCUT2D eigenvalue weighted by Gasteiger charge is 2.37. The van der Waals surface area contributed by atoms with E-state index in [4.69, 9.17) is 4.74 Å². The van der Waals surface area contributed by atoms with Gasteiger partial charge in [-0.1, -0.05) is 0 Å². The number of anilines is 1. The van der Waals surface area contributed by atoms with Gasteiger partial charge >= 0.3 is 5.97 Å². The van der Waals surface area contributed by atoms with Crippen molar-refractivity contribution in [1.29, 1.82) is 0 Å². The monoisotopic (exact) mass is 251 g/mol. The zero-order valence-corrected chi connectivity index (χ0v) is 10.8. The number of carbonyl (C=O) groups is 1. The summed E-state index contributed by atoms with van der Waals surface area (Å²) in [6.07, 6.45) is 0.412. The highest BCUT2D eigenvalue weighted by atomic mass is 16.5. The first-order valence-corrected chi connectivity index (χ1v) is 5.85. The number of aromatic nitrogens is 2. The van der Waals surface area contributed by atoms with E-state index in [1.807, 2.05) is 6.92 Å². The van der Waals surface area contributed by atoms with Gasteiger partial charge in [0, 0.05) is 31.8 Å². The van der Waals surface area contributed by atoms with Gasteiger partial charge in [-0.3, -0.25) is 0 Å². The summed E-state index contributed by atoms with van der Waals surface area (Å²) in [4.78, 5) is 21.6. The van der Waals surface area contributed by atoms with E-state index >= 15 is 0 Å². The first-order valence-electron chi connectivity index (χ1n) is 5.85. The van der Waals surface area contributed by atoms with Gasteiger partial charge in [0.2, 0.25) is 0 Å². The van der Waals surface area contributed by atoms with E-state index in [1.165, 1.54) is 0 Å². The molecule has 6 heteroatoms. The maximum Gasteiger partial charge on any atom is 0.326 e. The van der Waals surface area contributed by atoms with Crippen LogP contribution in [0.5, 0.6) is 0 Å². The lowest BCUT2D eigenvalue weighted by molar-refractivity contribution is -0.138. The first kappa shape index (κ1) is 12.8. The molecule has 1 N–H and O–H groups in total. The molecule has 0 saturated carbocycles. The molecule has 6 nitrogen and oxygen atoms in total. The second-order valence-corrected chi connectivity index (χ2v) is 4.51. The van der Waals surface area contributed by atoms with Crippen LogP contribution in [0.15, 0.2) is 6.07 Å². The summed E-state index contributed by atoms with van der Waals surface area (Å²) in [5.74, 6) is 0.463. The molecule has 98 valence electrons. The van der Waals surface area contributed by atoms with Crippen LogP contribution in [0.3, 0.4) is 0 Å². The summed E-state index contributed by atoms with van der Waals surface area (Å²) in [6, 6.07) is 1.23. The van der Waals surface area contributed by atoms with Gasteiger partial charge in [0.1, 0.15) is 17.7 Å². The molecule has 1 aromatic rings. The Morgan fingerprint density at radius 2 is 2.22 bits per heavy atom. The van der Waals surface area contributed by atoms with Crippen LogP contribution in [0.1, 0.15) is 17.9 Å². The van der Waals surface area contributed by atoms with Crippen molar-refractivity contribution < 1.29 is 14.6 Å². The molecule has 1 aromatic heterocycles. The van der Waals surface area contributed by atoms with Gasteiger partial charge in [-0.2, -0.15) is 0 Å². The molecule has 0 aromatic carbocycles. The summed E-state index contributed by atoms with van der Waals surface area (Å²) >= 11 is 0. The van der Waals surface area contributed by atoms with Crippen LogP contribution >= 0.6 is 0 Å². The fourth-order valence-electron chi connectivity index (χ4n) is 2.30. The molecule has 0 bridgehead atoms. The van der Waals surface area contributed by atoms with Crippen molar-refractivity contribution in [3.63, 3.8) is 0 Å². The second kappa shape index (κ2) is 4.89. The van der Waals surface area contributed by atoms with E-state index in [9.17, 15) is 9.90 Å². The predicted octanol–water partition coefficient (Wildman–Crippen LogP) is 0.772. The molecule has 2 heterocycles. The lowest BCUT2D eigenvalue weighted by Crippen LogP contribution is -2.36. The smallest absolute Gasteiger partial charge is 0.326 e. The van der Waals surface area contributed by atoms with Crippen molar-refractivity contribution in [2.45, 2.75) is 32.4 Å². The van der Waals surface area contributed by atoms with Gasteiger partial charge in [0.25, 0.3) is 0 Å². The highest BCUT2D eigenvalue weighted by Crippen LogP contribution is 2.26. The Kier molecular flexibility index (Phi) is 3.47. The van der Waals surface area contributed by atoms with Crippen LogP contribution in [0.2, 0.25) is 0 Å². The Morgan fingerprint density at radius 1 is 1.50 bits per heavy atom. The summed E-state index contributed by atoms with van der Waals surface area (Å²) < 4.78 is 5.26. The molecule has 2 rings (SSSR count). The van der Waals surface area contributed by atoms with Crippen LogP contribution in [0.25, 0.3) is 0 Å². The highest BCUT2D eigenvalue weighted by molar-refractivity contribution is 5.78. The Labute approximate surface area is 106 Å². The number of carboxylic acids is 1. The molecule has 18 heavy (non-hydrogen) atoms. The molecule has 0 aliphatic carbocycles. The maximum atomic E-state index is 11.3. The van der Waals surface area contributed by atoms with Crippen LogP contribution in [0, 0.1) is 13.8 Å². The maximum absolute atomic E-state index is 11.3. The summed E-state index contributed by atoms with van der Waals surface area (Å²) in [5.41, 5.74) is 0.836. The average molecular weight is 251 g/mol. The van der Waals surface area contributed by atoms with Crippen LogP contribution in [-0.2, 0) is 9.53 Å². The number of rotatable bonds is 3. The third-order valence-corrected chi connectivity index (χ3v) is 3.13. The van der Waals surface area contributed by atoms with Crippen molar-refractivity contribution >= 4 is 11.8 Å². The van der Waals surface area contributed by atoms with Crippen molar-refractivity contribution in [3.8, 4) is 0 Å². The number of hydrogen-bond donors (Lipinski definition) is 1. The molecule has 1 fully saturated rings. The molecule has 0 spiro atoms. The van der Waals surface area contributed by atoms with Gasteiger partial charge in [0.15, 0.2) is 0 Å². The molecule has 1 saturated heterocycles. The predicted molar refractivity (Wildman–Crippen MR) is 65.7 cm³/mol. The van der Waals surface area contributed by atoms with Crippen molar-refractivity contribution in [2.75, 3.05) is 18.6 Å². The minimum atomic E-state index is -0.844. The number of hydrogen-bond acceptors (Lipinski definition) is 5. The van der Waals surface area contributed by atoms with E-state index in [0.717, 1.165) is 5.69 Å². The van der Waals surface area contributed by atoms with Crippen LogP contribution in [0.4, 0.5) is 5.82 Å². The summed E-state index contributed by atoms with van der Waals surface area (Å²) in [6.45, 7) is 4.22. The molecular formula is C12H17N3O3. The number of aryl methyl sites for hydroxylation is 2. The quantitative estimate of drug-likeness (QED) is 0.855. The van der Waals surface area contributed by atoms with Crippen LogP contribution in [-0.4, -0.2) is 46.8 Å². The third kappa shape index (κ3) is 2.43. The van der Waals surface area contributed by atoms with Gasteiger partial charge in [-0.25, -0.2) is 14.8 Å². The second-order valence-electron chi connectivity index (χ2n) is 4.51. The molecule has 0 amide bonds. The zero-order valence-electron chi connectivity index (χ0n) is 10.8. The lowest BCUT2D eigenvalue weighted by Gasteiger charge is -2.22. The molecule has 1 aliphatic rings. The fourth-order valence-corrected chi connectivity index (χ4v) is 2.30. The standard InChI is InChI=1S/C12H17N3O3/c1-7-4-11(14-8(2)13-7)15-6-9(18-3)5-10(15)12(16)17/h4,9-10H,5-6H2,1-3H3,(H,16,17). The minimum Gasteiger partial charge on any atom is -0.480 e. The minimum absolute atomic E-state index is 0.0679. The average Bonchev–Trinajstić information content (AvgIpc) is 2.71. The number of aliphatic carboxylic acids is 1. The molecule has 0 radical (unpaired) electrons. The number of methoxy groups -OCH3 is 1. The molecule has 2 atom stereocenters. The third-order valence-electron chi connectivity index (χ3n) is 3.13. The van der Waals surface area contributed by atoms with Gasteiger partial charge in [-0.05, 0) is 13.8 Å². The van der Waals surface area contributed by atoms with Crippen molar-refractivity contribution in [3.05, 3.63) is 17.6 Å². The van der Waals surface area contributed by atoms with Gasteiger partial charge in [0.05, 0.1) is 6.10 Å². The Bertz CT molecular complexity index is 444. The molecule has 1 aliphatic heterocycles. The first-order chi connectivity index (χ1) is 8.51. The van der Waals surface area contributed by atoms with E-state index in [0.29, 0.717) is 24.6 Å². The fraction of sp³-hybridized carbons (Fsp3) is 0.583. The molecule has 2 unspecified atom stereocenters. The number of nitrogens with zero attached hydrogens (tertiary/aromatic N) is 3. The van der Waals surface area contributed by atoms with Gasteiger partial charge < -0.3 is 14.7 Å². The molecular weight excluding hydrogens is 234 g/mol. The largest absolute Gasteiger partial charge is 0.480 e. The normalized spacial score (nSPS) is 23.4. The van der Waals surface area contributed by atoms with E-state index in [2.05, 4.69) is 9.97 Å². The van der Waals surface area contributed by atoms with Crippen LogP contribution < -0.4 is 4.90 Å². The number of carboxylic acid groups (broad SMARTS) is 1.